The van der Waals surface area contributed by atoms with Crippen LogP contribution in [0.4, 0.5) is 4.79 Å². The Labute approximate surface area is 110 Å². The maximum absolute atomic E-state index is 12.1. The highest BCUT2D eigenvalue weighted by Crippen LogP contribution is 2.21. The van der Waals surface area contributed by atoms with Gasteiger partial charge in [0.1, 0.15) is 5.60 Å². The quantitative estimate of drug-likeness (QED) is 0.819. The van der Waals surface area contributed by atoms with E-state index >= 15 is 0 Å². The highest BCUT2D eigenvalue weighted by molar-refractivity contribution is 5.68. The Morgan fingerprint density at radius 2 is 2.06 bits per heavy atom. The van der Waals surface area contributed by atoms with Crippen LogP contribution < -0.4 is 5.73 Å². The standard InChI is InChI=1S/C13H26N2O3/c1-12(2,3)18-11(16)15-8-6-5-7-13(14,9-15)10-17-4/h5-10,14H2,1-4H3. The van der Waals surface area contributed by atoms with Gasteiger partial charge >= 0.3 is 6.09 Å². The van der Waals surface area contributed by atoms with Crippen LogP contribution in [0.3, 0.4) is 0 Å². The molecule has 0 radical (unpaired) electrons. The van der Waals surface area contributed by atoms with Gasteiger partial charge in [0.05, 0.1) is 12.1 Å². The second-order valence-corrected chi connectivity index (χ2v) is 6.15. The Hall–Kier alpha value is -0.810. The molecule has 5 heteroatoms. The van der Waals surface area contributed by atoms with Crippen molar-refractivity contribution in [3.05, 3.63) is 0 Å². The summed E-state index contributed by atoms with van der Waals surface area (Å²) in [5.41, 5.74) is 5.36. The molecule has 1 rings (SSSR count). The van der Waals surface area contributed by atoms with Crippen LogP contribution in [0.1, 0.15) is 40.0 Å². The number of methoxy groups -OCH3 is 1. The lowest BCUT2D eigenvalue weighted by molar-refractivity contribution is 0.0182. The molecule has 1 fully saturated rings. The van der Waals surface area contributed by atoms with Gasteiger partial charge in [0.25, 0.3) is 0 Å². The van der Waals surface area contributed by atoms with E-state index < -0.39 is 11.1 Å². The number of carbonyl (C=O) groups is 1. The molecular weight excluding hydrogens is 232 g/mol. The van der Waals surface area contributed by atoms with Crippen molar-refractivity contribution in [1.82, 2.24) is 4.90 Å². The van der Waals surface area contributed by atoms with Crippen molar-refractivity contribution in [2.75, 3.05) is 26.8 Å². The van der Waals surface area contributed by atoms with Gasteiger partial charge in [-0.2, -0.15) is 0 Å². The van der Waals surface area contributed by atoms with Gasteiger partial charge in [-0.3, -0.25) is 0 Å². The van der Waals surface area contributed by atoms with Crippen LogP contribution in [0.25, 0.3) is 0 Å². The highest BCUT2D eigenvalue weighted by Gasteiger charge is 2.33. The minimum Gasteiger partial charge on any atom is -0.444 e. The van der Waals surface area contributed by atoms with Gasteiger partial charge in [-0.05, 0) is 40.0 Å². The Morgan fingerprint density at radius 3 is 2.61 bits per heavy atom. The van der Waals surface area contributed by atoms with Crippen molar-refractivity contribution < 1.29 is 14.3 Å². The predicted octanol–water partition coefficient (Wildman–Crippen LogP) is 1.75. The molecule has 1 saturated heterocycles. The van der Waals surface area contributed by atoms with Crippen molar-refractivity contribution >= 4 is 6.09 Å². The van der Waals surface area contributed by atoms with E-state index in [1.807, 2.05) is 20.8 Å². The summed E-state index contributed by atoms with van der Waals surface area (Å²) in [6.07, 6.45) is 2.57. The molecule has 1 amide bonds. The van der Waals surface area contributed by atoms with E-state index in [9.17, 15) is 4.79 Å². The molecule has 18 heavy (non-hydrogen) atoms. The smallest absolute Gasteiger partial charge is 0.410 e. The van der Waals surface area contributed by atoms with E-state index in [1.165, 1.54) is 0 Å². The first-order valence-electron chi connectivity index (χ1n) is 6.51. The van der Waals surface area contributed by atoms with Crippen LogP contribution in [0, 0.1) is 0 Å². The third-order valence-corrected chi connectivity index (χ3v) is 2.94. The molecular formula is C13H26N2O3. The van der Waals surface area contributed by atoms with Crippen LogP contribution in [0.2, 0.25) is 0 Å². The molecule has 0 aromatic heterocycles. The van der Waals surface area contributed by atoms with Gasteiger partial charge in [0, 0.05) is 20.2 Å². The molecule has 0 aliphatic carbocycles. The lowest BCUT2D eigenvalue weighted by Crippen LogP contribution is -2.54. The maximum atomic E-state index is 12.1. The van der Waals surface area contributed by atoms with E-state index in [0.717, 1.165) is 19.3 Å². The minimum absolute atomic E-state index is 0.282. The number of rotatable bonds is 2. The summed E-state index contributed by atoms with van der Waals surface area (Å²) in [6, 6.07) is 0. The van der Waals surface area contributed by atoms with Crippen LogP contribution in [0.5, 0.6) is 0 Å². The monoisotopic (exact) mass is 258 g/mol. The summed E-state index contributed by atoms with van der Waals surface area (Å²) in [5.74, 6) is 0. The number of carbonyl (C=O) groups excluding carboxylic acids is 1. The Bertz CT molecular complexity index is 288. The number of nitrogens with zero attached hydrogens (tertiary/aromatic N) is 1. The van der Waals surface area contributed by atoms with Crippen molar-refractivity contribution in [2.45, 2.75) is 51.2 Å². The third kappa shape index (κ3) is 4.82. The van der Waals surface area contributed by atoms with Gasteiger partial charge in [0.2, 0.25) is 0 Å². The lowest BCUT2D eigenvalue weighted by atomic mass is 9.96. The summed E-state index contributed by atoms with van der Waals surface area (Å²) < 4.78 is 10.6. The van der Waals surface area contributed by atoms with Crippen LogP contribution >= 0.6 is 0 Å². The summed E-state index contributed by atoms with van der Waals surface area (Å²) in [4.78, 5) is 13.8. The largest absolute Gasteiger partial charge is 0.444 e. The molecule has 0 aromatic rings. The van der Waals surface area contributed by atoms with E-state index in [1.54, 1.807) is 12.0 Å². The summed E-state index contributed by atoms with van der Waals surface area (Å²) in [6.45, 7) is 7.27. The molecule has 0 bridgehead atoms. The zero-order valence-electron chi connectivity index (χ0n) is 12.0. The average Bonchev–Trinajstić information content (AvgIpc) is 2.38. The number of likely N-dealkylation sites (tertiary alicyclic amines) is 1. The SMILES string of the molecule is COCC1(N)CCCCN(C(=O)OC(C)(C)C)C1. The van der Waals surface area contributed by atoms with Crippen molar-refractivity contribution in [2.24, 2.45) is 5.73 Å². The second-order valence-electron chi connectivity index (χ2n) is 6.15. The minimum atomic E-state index is -0.470. The van der Waals surface area contributed by atoms with Gasteiger partial charge in [0.15, 0.2) is 0 Å². The van der Waals surface area contributed by atoms with E-state index in [-0.39, 0.29) is 6.09 Å². The fourth-order valence-corrected chi connectivity index (χ4v) is 2.21. The number of nitrogens with two attached hydrogens (primary N) is 1. The van der Waals surface area contributed by atoms with Crippen molar-refractivity contribution in [1.29, 1.82) is 0 Å². The maximum Gasteiger partial charge on any atom is 0.410 e. The summed E-state index contributed by atoms with van der Waals surface area (Å²) in [5, 5.41) is 0. The fourth-order valence-electron chi connectivity index (χ4n) is 2.21. The normalized spacial score (nSPS) is 25.7. The highest BCUT2D eigenvalue weighted by atomic mass is 16.6. The topological polar surface area (TPSA) is 64.8 Å². The molecule has 1 heterocycles. The molecule has 5 nitrogen and oxygen atoms in total. The molecule has 1 atom stereocenters. The van der Waals surface area contributed by atoms with Gasteiger partial charge < -0.3 is 20.1 Å². The predicted molar refractivity (Wildman–Crippen MR) is 70.5 cm³/mol. The molecule has 1 aliphatic rings. The zero-order valence-corrected chi connectivity index (χ0v) is 12.0. The lowest BCUT2D eigenvalue weighted by Gasteiger charge is -2.33. The Morgan fingerprint density at radius 1 is 1.39 bits per heavy atom. The molecule has 0 aromatic carbocycles. The average molecular weight is 258 g/mol. The first-order valence-corrected chi connectivity index (χ1v) is 6.51. The number of hydrogen-bond acceptors (Lipinski definition) is 4. The van der Waals surface area contributed by atoms with E-state index in [0.29, 0.717) is 19.7 Å². The summed E-state index contributed by atoms with van der Waals surface area (Å²) >= 11 is 0. The molecule has 0 saturated carbocycles. The van der Waals surface area contributed by atoms with Crippen LogP contribution in [-0.4, -0.2) is 48.9 Å². The van der Waals surface area contributed by atoms with E-state index in [2.05, 4.69) is 0 Å². The summed E-state index contributed by atoms with van der Waals surface area (Å²) in [7, 11) is 1.64. The van der Waals surface area contributed by atoms with Crippen LogP contribution in [0.15, 0.2) is 0 Å². The van der Waals surface area contributed by atoms with Crippen LogP contribution in [-0.2, 0) is 9.47 Å². The van der Waals surface area contributed by atoms with Gasteiger partial charge in [-0.15, -0.1) is 0 Å². The van der Waals surface area contributed by atoms with E-state index in [4.69, 9.17) is 15.2 Å². The molecule has 0 spiro atoms. The number of hydrogen-bond donors (Lipinski definition) is 1. The second kappa shape index (κ2) is 5.89. The number of amides is 1. The third-order valence-electron chi connectivity index (χ3n) is 2.94. The van der Waals surface area contributed by atoms with Crippen molar-refractivity contribution in [3.8, 4) is 0 Å². The van der Waals surface area contributed by atoms with Crippen molar-refractivity contribution in [3.63, 3.8) is 0 Å². The fraction of sp³-hybridized carbons (Fsp3) is 0.923. The first-order chi connectivity index (χ1) is 8.26. The zero-order chi connectivity index (χ0) is 13.8. The first kappa shape index (κ1) is 15.2. The molecule has 2 N–H and O–H groups in total. The van der Waals surface area contributed by atoms with Gasteiger partial charge in [-0.1, -0.05) is 0 Å². The molecule has 106 valence electrons. The van der Waals surface area contributed by atoms with Gasteiger partial charge in [-0.25, -0.2) is 4.79 Å². The molecule has 1 unspecified atom stereocenters. The Kier molecular flexibility index (Phi) is 4.99. The molecule has 1 aliphatic heterocycles. The number of ether oxygens (including phenoxy) is 2. The Balaban J connectivity index is 2.67.